The van der Waals surface area contributed by atoms with Crippen LogP contribution < -0.4 is 5.73 Å². The van der Waals surface area contributed by atoms with Crippen molar-refractivity contribution in [2.45, 2.75) is 12.5 Å². The first-order chi connectivity index (χ1) is 5.77. The predicted octanol–water partition coefficient (Wildman–Crippen LogP) is -1.40. The molecule has 1 atom stereocenters. The molecule has 12 heavy (non-hydrogen) atoms. The van der Waals surface area contributed by atoms with Gasteiger partial charge in [0, 0.05) is 6.42 Å². The van der Waals surface area contributed by atoms with E-state index in [9.17, 15) is 0 Å². The Morgan fingerprint density at radius 1 is 1.50 bits per heavy atom. The second-order valence-electron chi connectivity index (χ2n) is 2.31. The van der Waals surface area contributed by atoms with Crippen LogP contribution in [0.4, 0.5) is 0 Å². The Bertz CT molecular complexity index is 238. The minimum atomic E-state index is -0.634. The number of rotatable bonds is 4. The van der Waals surface area contributed by atoms with Crippen molar-refractivity contribution in [1.82, 2.24) is 10.1 Å². The SMILES string of the molecule is NC(CO)c1nc(CCO)no1. The third kappa shape index (κ3) is 2.00. The lowest BCUT2D eigenvalue weighted by atomic mass is 10.3. The molecule has 1 aromatic rings. The molecular formula is C6H11N3O3. The molecule has 0 saturated carbocycles. The van der Waals surface area contributed by atoms with Gasteiger partial charge in [0.2, 0.25) is 5.89 Å². The Balaban J connectivity index is 2.63. The molecule has 1 unspecified atom stereocenters. The summed E-state index contributed by atoms with van der Waals surface area (Å²) in [6.07, 6.45) is 0.335. The molecule has 0 aromatic carbocycles. The van der Waals surface area contributed by atoms with Gasteiger partial charge in [0.1, 0.15) is 6.04 Å². The minimum Gasteiger partial charge on any atom is -0.396 e. The summed E-state index contributed by atoms with van der Waals surface area (Å²) in [7, 11) is 0. The fourth-order valence-electron chi connectivity index (χ4n) is 0.698. The van der Waals surface area contributed by atoms with Crippen LogP contribution in [-0.4, -0.2) is 33.6 Å². The second kappa shape index (κ2) is 4.15. The molecule has 0 radical (unpaired) electrons. The quantitative estimate of drug-likeness (QED) is 0.517. The lowest BCUT2D eigenvalue weighted by Crippen LogP contribution is -2.14. The smallest absolute Gasteiger partial charge is 0.245 e. The predicted molar refractivity (Wildman–Crippen MR) is 39.1 cm³/mol. The topological polar surface area (TPSA) is 105 Å². The maximum absolute atomic E-state index is 8.63. The lowest BCUT2D eigenvalue weighted by molar-refractivity contribution is 0.236. The second-order valence-corrected chi connectivity index (χ2v) is 2.31. The van der Waals surface area contributed by atoms with Crippen LogP contribution in [0.25, 0.3) is 0 Å². The van der Waals surface area contributed by atoms with E-state index in [0.29, 0.717) is 12.2 Å². The van der Waals surface area contributed by atoms with E-state index in [4.69, 9.17) is 20.5 Å². The standard InChI is InChI=1S/C6H11N3O3/c7-4(3-11)6-8-5(1-2-10)9-12-6/h4,10-11H,1-3,7H2. The maximum Gasteiger partial charge on any atom is 0.245 e. The molecule has 0 aliphatic heterocycles. The van der Waals surface area contributed by atoms with Crippen molar-refractivity contribution in [3.63, 3.8) is 0 Å². The maximum atomic E-state index is 8.63. The molecule has 1 rings (SSSR count). The monoisotopic (exact) mass is 173 g/mol. The van der Waals surface area contributed by atoms with E-state index in [1.165, 1.54) is 0 Å². The summed E-state index contributed by atoms with van der Waals surface area (Å²) in [4.78, 5) is 3.85. The molecule has 1 heterocycles. The van der Waals surface area contributed by atoms with Crippen LogP contribution in [0.15, 0.2) is 4.52 Å². The molecule has 0 aliphatic carbocycles. The van der Waals surface area contributed by atoms with E-state index in [1.807, 2.05) is 0 Å². The van der Waals surface area contributed by atoms with Crippen molar-refractivity contribution in [2.75, 3.05) is 13.2 Å². The van der Waals surface area contributed by atoms with Crippen molar-refractivity contribution in [3.8, 4) is 0 Å². The van der Waals surface area contributed by atoms with E-state index in [-0.39, 0.29) is 19.1 Å². The molecule has 6 nitrogen and oxygen atoms in total. The third-order valence-electron chi connectivity index (χ3n) is 1.33. The Labute approximate surface area is 69.0 Å². The molecule has 0 aliphatic rings. The van der Waals surface area contributed by atoms with E-state index < -0.39 is 6.04 Å². The Morgan fingerprint density at radius 2 is 2.25 bits per heavy atom. The van der Waals surface area contributed by atoms with Crippen LogP contribution in [-0.2, 0) is 6.42 Å². The van der Waals surface area contributed by atoms with Gasteiger partial charge in [-0.3, -0.25) is 0 Å². The molecule has 6 heteroatoms. The van der Waals surface area contributed by atoms with E-state index in [2.05, 4.69) is 10.1 Å². The van der Waals surface area contributed by atoms with Crippen LogP contribution in [0, 0.1) is 0 Å². The normalized spacial score (nSPS) is 13.2. The van der Waals surface area contributed by atoms with Crippen molar-refractivity contribution >= 4 is 0 Å². The third-order valence-corrected chi connectivity index (χ3v) is 1.33. The van der Waals surface area contributed by atoms with Gasteiger partial charge in [-0.25, -0.2) is 0 Å². The van der Waals surface area contributed by atoms with Gasteiger partial charge in [0.05, 0.1) is 13.2 Å². The van der Waals surface area contributed by atoms with E-state index in [0.717, 1.165) is 0 Å². The van der Waals surface area contributed by atoms with Gasteiger partial charge >= 0.3 is 0 Å². The highest BCUT2D eigenvalue weighted by molar-refractivity contribution is 4.91. The van der Waals surface area contributed by atoms with Gasteiger partial charge in [-0.1, -0.05) is 5.16 Å². The summed E-state index contributed by atoms with van der Waals surface area (Å²) in [5.41, 5.74) is 5.40. The first-order valence-corrected chi connectivity index (χ1v) is 3.57. The number of hydrogen-bond donors (Lipinski definition) is 3. The summed E-state index contributed by atoms with van der Waals surface area (Å²) >= 11 is 0. The van der Waals surface area contributed by atoms with Gasteiger partial charge in [0.15, 0.2) is 5.82 Å². The Morgan fingerprint density at radius 3 is 2.83 bits per heavy atom. The minimum absolute atomic E-state index is 0.0344. The van der Waals surface area contributed by atoms with Gasteiger partial charge in [-0.05, 0) is 0 Å². The van der Waals surface area contributed by atoms with Crippen molar-refractivity contribution < 1.29 is 14.7 Å². The van der Waals surface area contributed by atoms with Gasteiger partial charge < -0.3 is 20.5 Å². The number of aliphatic hydroxyl groups excluding tert-OH is 2. The first kappa shape index (κ1) is 9.11. The first-order valence-electron chi connectivity index (χ1n) is 3.57. The van der Waals surface area contributed by atoms with Crippen molar-refractivity contribution in [3.05, 3.63) is 11.7 Å². The van der Waals surface area contributed by atoms with Crippen LogP contribution in [0.1, 0.15) is 17.8 Å². The average Bonchev–Trinajstić information content (AvgIpc) is 2.52. The largest absolute Gasteiger partial charge is 0.396 e. The van der Waals surface area contributed by atoms with Crippen LogP contribution in [0.5, 0.6) is 0 Å². The van der Waals surface area contributed by atoms with Crippen molar-refractivity contribution in [1.29, 1.82) is 0 Å². The Hall–Kier alpha value is -0.980. The van der Waals surface area contributed by atoms with Crippen molar-refractivity contribution in [2.24, 2.45) is 5.73 Å². The zero-order valence-corrected chi connectivity index (χ0v) is 6.47. The number of hydrogen-bond acceptors (Lipinski definition) is 6. The number of aromatic nitrogens is 2. The fourth-order valence-corrected chi connectivity index (χ4v) is 0.698. The molecule has 4 N–H and O–H groups in total. The number of nitrogens with zero attached hydrogens (tertiary/aromatic N) is 2. The van der Waals surface area contributed by atoms with E-state index in [1.54, 1.807) is 0 Å². The molecule has 0 amide bonds. The lowest BCUT2D eigenvalue weighted by Gasteiger charge is -1.98. The van der Waals surface area contributed by atoms with Gasteiger partial charge in [0.25, 0.3) is 0 Å². The number of aliphatic hydroxyl groups is 2. The van der Waals surface area contributed by atoms with Gasteiger partial charge in [-0.15, -0.1) is 0 Å². The molecule has 0 saturated heterocycles. The summed E-state index contributed by atoms with van der Waals surface area (Å²) in [5, 5.41) is 20.7. The molecule has 0 bridgehead atoms. The van der Waals surface area contributed by atoms with Crippen LogP contribution in [0.3, 0.4) is 0 Å². The molecule has 68 valence electrons. The van der Waals surface area contributed by atoms with Crippen LogP contribution in [0.2, 0.25) is 0 Å². The zero-order chi connectivity index (χ0) is 8.97. The summed E-state index contributed by atoms with van der Waals surface area (Å²) < 4.78 is 4.71. The van der Waals surface area contributed by atoms with Crippen LogP contribution >= 0.6 is 0 Å². The van der Waals surface area contributed by atoms with Gasteiger partial charge in [-0.2, -0.15) is 4.98 Å². The number of nitrogens with two attached hydrogens (primary N) is 1. The fraction of sp³-hybridized carbons (Fsp3) is 0.667. The summed E-state index contributed by atoms with van der Waals surface area (Å²) in [6, 6.07) is -0.634. The molecule has 1 aromatic heterocycles. The Kier molecular flexibility index (Phi) is 3.15. The average molecular weight is 173 g/mol. The summed E-state index contributed by atoms with van der Waals surface area (Å²) in [6.45, 7) is -0.270. The highest BCUT2D eigenvalue weighted by Crippen LogP contribution is 2.06. The molecule has 0 fully saturated rings. The zero-order valence-electron chi connectivity index (χ0n) is 6.47. The molecular weight excluding hydrogens is 162 g/mol. The highest BCUT2D eigenvalue weighted by atomic mass is 16.5. The highest BCUT2D eigenvalue weighted by Gasteiger charge is 2.12. The molecule has 0 spiro atoms. The van der Waals surface area contributed by atoms with E-state index >= 15 is 0 Å². The summed E-state index contributed by atoms with van der Waals surface area (Å²) in [5.74, 6) is 0.595.